The number of halogens is 3. The second-order valence-electron chi connectivity index (χ2n) is 4.46. The molecule has 0 aliphatic rings. The third kappa shape index (κ3) is 3.37. The Hall–Kier alpha value is -1.98. The molecule has 1 amide bonds. The fraction of sp³-hybridized carbons (Fsp3) is 0.133. The van der Waals surface area contributed by atoms with Gasteiger partial charge in [-0.15, -0.1) is 0 Å². The second kappa shape index (κ2) is 6.20. The summed E-state index contributed by atoms with van der Waals surface area (Å²) in [6, 6.07) is 8.10. The summed E-state index contributed by atoms with van der Waals surface area (Å²) in [5.41, 5.74) is 0.693. The molecule has 0 bridgehead atoms. The van der Waals surface area contributed by atoms with Crippen molar-refractivity contribution in [3.8, 4) is 0 Å². The number of hydrogen-bond acceptors (Lipinski definition) is 2. The highest BCUT2D eigenvalue weighted by molar-refractivity contribution is 6.34. The van der Waals surface area contributed by atoms with Gasteiger partial charge in [0.2, 0.25) is 0 Å². The number of aliphatic hydroxyl groups excluding tert-OH is 1. The van der Waals surface area contributed by atoms with Crippen LogP contribution in [0.1, 0.15) is 28.9 Å². The molecular weight excluding hydrogens is 300 g/mol. The summed E-state index contributed by atoms with van der Waals surface area (Å²) in [6.45, 7) is 1.55. The lowest BCUT2D eigenvalue weighted by atomic mass is 10.1. The fourth-order valence-electron chi connectivity index (χ4n) is 1.86. The van der Waals surface area contributed by atoms with Crippen LogP contribution < -0.4 is 5.32 Å². The highest BCUT2D eigenvalue weighted by Gasteiger charge is 2.17. The monoisotopic (exact) mass is 311 g/mol. The van der Waals surface area contributed by atoms with Crippen LogP contribution in [0, 0.1) is 11.6 Å². The van der Waals surface area contributed by atoms with E-state index in [4.69, 9.17) is 11.6 Å². The molecule has 0 aliphatic heterocycles. The topological polar surface area (TPSA) is 49.3 Å². The van der Waals surface area contributed by atoms with Gasteiger partial charge < -0.3 is 10.4 Å². The Kier molecular flexibility index (Phi) is 4.55. The van der Waals surface area contributed by atoms with Gasteiger partial charge in [0, 0.05) is 11.3 Å². The number of amides is 1. The third-order valence-corrected chi connectivity index (χ3v) is 3.23. The van der Waals surface area contributed by atoms with E-state index in [1.807, 2.05) is 0 Å². The molecule has 2 rings (SSSR count). The van der Waals surface area contributed by atoms with E-state index in [-0.39, 0.29) is 10.6 Å². The molecule has 0 aromatic heterocycles. The van der Waals surface area contributed by atoms with Crippen molar-refractivity contribution in [2.75, 3.05) is 5.32 Å². The van der Waals surface area contributed by atoms with Gasteiger partial charge in [0.15, 0.2) is 11.6 Å². The van der Waals surface area contributed by atoms with Crippen molar-refractivity contribution in [2.24, 2.45) is 0 Å². The van der Waals surface area contributed by atoms with Crippen LogP contribution >= 0.6 is 11.6 Å². The maximum atomic E-state index is 13.2. The van der Waals surface area contributed by atoms with Crippen LogP contribution in [-0.4, -0.2) is 11.0 Å². The van der Waals surface area contributed by atoms with E-state index in [0.29, 0.717) is 11.3 Å². The molecule has 0 fully saturated rings. The van der Waals surface area contributed by atoms with Gasteiger partial charge in [-0.2, -0.15) is 0 Å². The molecule has 110 valence electrons. The number of carbonyl (C=O) groups excluding carboxylic acids is 1. The molecule has 0 heterocycles. The first-order valence-corrected chi connectivity index (χ1v) is 6.51. The van der Waals surface area contributed by atoms with Gasteiger partial charge in [-0.1, -0.05) is 29.8 Å². The smallest absolute Gasteiger partial charge is 0.257 e. The van der Waals surface area contributed by atoms with E-state index in [0.717, 1.165) is 12.1 Å². The number of benzene rings is 2. The molecule has 0 saturated carbocycles. The number of aliphatic hydroxyl groups is 1. The van der Waals surface area contributed by atoms with E-state index in [2.05, 4.69) is 5.32 Å². The van der Waals surface area contributed by atoms with Gasteiger partial charge in [0.1, 0.15) is 0 Å². The van der Waals surface area contributed by atoms with Crippen LogP contribution in [0.3, 0.4) is 0 Å². The molecule has 0 spiro atoms. The van der Waals surface area contributed by atoms with E-state index in [9.17, 15) is 18.7 Å². The first-order chi connectivity index (χ1) is 9.90. The number of carbonyl (C=O) groups is 1. The first-order valence-electron chi connectivity index (χ1n) is 6.13. The minimum Gasteiger partial charge on any atom is -0.389 e. The molecule has 3 nitrogen and oxygen atoms in total. The number of rotatable bonds is 3. The van der Waals surface area contributed by atoms with Gasteiger partial charge in [-0.3, -0.25) is 4.79 Å². The fourth-order valence-corrected chi connectivity index (χ4v) is 2.10. The predicted octanol–water partition coefficient (Wildman–Crippen LogP) is 3.92. The number of anilines is 1. The molecule has 21 heavy (non-hydrogen) atoms. The average molecular weight is 312 g/mol. The lowest BCUT2D eigenvalue weighted by Crippen LogP contribution is -2.15. The maximum absolute atomic E-state index is 13.2. The minimum absolute atomic E-state index is 0.184. The second-order valence-corrected chi connectivity index (χ2v) is 4.87. The molecule has 0 radical (unpaired) electrons. The van der Waals surface area contributed by atoms with Crippen LogP contribution in [0.2, 0.25) is 5.02 Å². The lowest BCUT2D eigenvalue weighted by Gasteiger charge is -2.13. The molecule has 1 unspecified atom stereocenters. The zero-order valence-electron chi connectivity index (χ0n) is 11.0. The highest BCUT2D eigenvalue weighted by atomic mass is 35.5. The normalized spacial score (nSPS) is 12.0. The van der Waals surface area contributed by atoms with Crippen molar-refractivity contribution < 1.29 is 18.7 Å². The Morgan fingerprint density at radius 2 is 1.86 bits per heavy atom. The Bertz CT molecular complexity index is 689. The summed E-state index contributed by atoms with van der Waals surface area (Å²) in [5, 5.41) is 12.0. The summed E-state index contributed by atoms with van der Waals surface area (Å²) in [4.78, 5) is 12.1. The van der Waals surface area contributed by atoms with E-state index >= 15 is 0 Å². The minimum atomic E-state index is -1.16. The third-order valence-electron chi connectivity index (χ3n) is 2.91. The average Bonchev–Trinajstić information content (AvgIpc) is 2.43. The molecular formula is C15H12ClF2NO2. The highest BCUT2D eigenvalue weighted by Crippen LogP contribution is 2.25. The van der Waals surface area contributed by atoms with Gasteiger partial charge in [0.25, 0.3) is 5.91 Å². The quantitative estimate of drug-likeness (QED) is 0.844. The van der Waals surface area contributed by atoms with Gasteiger partial charge in [-0.25, -0.2) is 8.78 Å². The SMILES string of the molecule is CC(O)c1ccccc1NC(=O)c1cc(F)c(F)cc1Cl. The molecule has 2 aromatic carbocycles. The largest absolute Gasteiger partial charge is 0.389 e. The van der Waals surface area contributed by atoms with E-state index in [1.54, 1.807) is 31.2 Å². The summed E-state index contributed by atoms with van der Waals surface area (Å²) < 4.78 is 26.2. The molecule has 2 N–H and O–H groups in total. The maximum Gasteiger partial charge on any atom is 0.257 e. The summed E-state index contributed by atoms with van der Waals surface area (Å²) in [5.74, 6) is -2.97. The van der Waals surface area contributed by atoms with Crippen LogP contribution in [0.25, 0.3) is 0 Å². The predicted molar refractivity (Wildman–Crippen MR) is 76.4 cm³/mol. The molecule has 1 atom stereocenters. The molecule has 2 aromatic rings. The van der Waals surface area contributed by atoms with Crippen LogP contribution in [-0.2, 0) is 0 Å². The van der Waals surface area contributed by atoms with E-state index in [1.165, 1.54) is 0 Å². The zero-order valence-corrected chi connectivity index (χ0v) is 11.8. The Morgan fingerprint density at radius 1 is 1.24 bits per heavy atom. The van der Waals surface area contributed by atoms with E-state index < -0.39 is 23.6 Å². The van der Waals surface area contributed by atoms with Crippen LogP contribution in [0.15, 0.2) is 36.4 Å². The molecule has 0 saturated heterocycles. The lowest BCUT2D eigenvalue weighted by molar-refractivity contribution is 0.102. The van der Waals surface area contributed by atoms with Gasteiger partial charge in [-0.05, 0) is 25.1 Å². The number of hydrogen-bond donors (Lipinski definition) is 2. The van der Waals surface area contributed by atoms with Crippen molar-refractivity contribution in [3.05, 3.63) is 64.2 Å². The zero-order chi connectivity index (χ0) is 15.6. The summed E-state index contributed by atoms with van der Waals surface area (Å²) in [7, 11) is 0. The van der Waals surface area contributed by atoms with Crippen molar-refractivity contribution in [3.63, 3.8) is 0 Å². The standard InChI is InChI=1S/C15H12ClF2NO2/c1-8(20)9-4-2-3-5-14(9)19-15(21)10-6-12(17)13(18)7-11(10)16/h2-8,20H,1H3,(H,19,21). The van der Waals surface area contributed by atoms with Crippen molar-refractivity contribution in [2.45, 2.75) is 13.0 Å². The Morgan fingerprint density at radius 3 is 2.52 bits per heavy atom. The summed E-state index contributed by atoms with van der Waals surface area (Å²) >= 11 is 5.75. The van der Waals surface area contributed by atoms with Gasteiger partial charge >= 0.3 is 0 Å². The number of nitrogens with one attached hydrogen (secondary N) is 1. The Balaban J connectivity index is 2.33. The van der Waals surface area contributed by atoms with Gasteiger partial charge in [0.05, 0.1) is 16.7 Å². The number of para-hydroxylation sites is 1. The van der Waals surface area contributed by atoms with Crippen LogP contribution in [0.4, 0.5) is 14.5 Å². The van der Waals surface area contributed by atoms with Crippen molar-refractivity contribution in [1.29, 1.82) is 0 Å². The van der Waals surface area contributed by atoms with Crippen LogP contribution in [0.5, 0.6) is 0 Å². The van der Waals surface area contributed by atoms with Crippen molar-refractivity contribution in [1.82, 2.24) is 0 Å². The first kappa shape index (κ1) is 15.4. The molecule has 0 aliphatic carbocycles. The molecule has 6 heteroatoms. The summed E-state index contributed by atoms with van der Waals surface area (Å²) in [6.07, 6.45) is -0.790. The Labute approximate surface area is 125 Å². The van der Waals surface area contributed by atoms with Crippen molar-refractivity contribution >= 4 is 23.2 Å².